The molecule has 1 atom stereocenters. The second-order valence-corrected chi connectivity index (χ2v) is 7.84. The zero-order chi connectivity index (χ0) is 17.1. The Hall–Kier alpha value is -2.70. The van der Waals surface area contributed by atoms with Crippen LogP contribution in [0, 0.1) is 11.3 Å². The van der Waals surface area contributed by atoms with Crippen LogP contribution in [-0.4, -0.2) is 40.1 Å². The number of aromatic nitrogens is 1. The molecule has 3 aromatic rings. The van der Waals surface area contributed by atoms with Crippen molar-refractivity contribution in [1.82, 2.24) is 4.98 Å². The third-order valence-corrected chi connectivity index (χ3v) is 6.52. The number of aromatic hydroxyl groups is 1. The molecule has 0 saturated heterocycles. The Morgan fingerprint density at radius 3 is 2.54 bits per heavy atom. The molecule has 0 saturated carbocycles. The summed E-state index contributed by atoms with van der Waals surface area (Å²) in [6.45, 7) is 0. The van der Waals surface area contributed by atoms with Gasteiger partial charge >= 0.3 is 146 Å². The fourth-order valence-electron chi connectivity index (χ4n) is 2.47. The fourth-order valence-corrected chi connectivity index (χ4v) is 5.15. The summed E-state index contributed by atoms with van der Waals surface area (Å²) in [6, 6.07) is 13.1. The van der Waals surface area contributed by atoms with Crippen LogP contribution >= 0.6 is 0 Å². The van der Waals surface area contributed by atoms with E-state index in [0.717, 1.165) is 19.6 Å². The number of rotatable bonds is 4. The van der Waals surface area contributed by atoms with Crippen molar-refractivity contribution in [3.63, 3.8) is 0 Å². The van der Waals surface area contributed by atoms with Gasteiger partial charge in [-0.25, -0.2) is 0 Å². The fraction of sp³-hybridized carbons (Fsp3) is 0.111. The molecule has 0 amide bonds. The summed E-state index contributed by atoms with van der Waals surface area (Å²) in [5.41, 5.74) is 1.31. The van der Waals surface area contributed by atoms with Gasteiger partial charge in [0.25, 0.3) is 0 Å². The van der Waals surface area contributed by atoms with Crippen LogP contribution in [0.3, 0.4) is 0 Å². The first kappa shape index (κ1) is 16.2. The van der Waals surface area contributed by atoms with Crippen LogP contribution in [0.2, 0.25) is 0 Å². The van der Waals surface area contributed by atoms with Crippen molar-refractivity contribution >= 4 is 35.4 Å². The zero-order valence-electron chi connectivity index (χ0n) is 13.2. The van der Waals surface area contributed by atoms with Crippen molar-refractivity contribution < 1.29 is 14.6 Å². The molecule has 0 aliphatic heterocycles. The molecule has 0 bridgehead atoms. The van der Waals surface area contributed by atoms with Crippen molar-refractivity contribution in [3.8, 4) is 23.3 Å². The van der Waals surface area contributed by atoms with Crippen LogP contribution < -0.4 is 18.2 Å². The molecule has 0 aliphatic rings. The summed E-state index contributed by atoms with van der Waals surface area (Å²) in [5.74, 6) is 1.43. The van der Waals surface area contributed by atoms with Crippen LogP contribution in [0.15, 0.2) is 42.6 Å². The van der Waals surface area contributed by atoms with Crippen LogP contribution in [-0.2, 0) is 0 Å². The molecule has 1 heterocycles. The number of fused-ring (bicyclic) bond motifs is 1. The van der Waals surface area contributed by atoms with Crippen LogP contribution in [0.5, 0.6) is 17.2 Å². The summed E-state index contributed by atoms with van der Waals surface area (Å²) < 4.78 is 12.7. The van der Waals surface area contributed by atoms with Crippen molar-refractivity contribution in [3.05, 3.63) is 48.2 Å². The molecule has 6 heteroatoms. The van der Waals surface area contributed by atoms with E-state index in [1.165, 1.54) is 0 Å². The van der Waals surface area contributed by atoms with E-state index in [1.807, 2.05) is 24.3 Å². The number of pyridine rings is 1. The van der Waals surface area contributed by atoms with Crippen LogP contribution in [0.4, 0.5) is 0 Å². The number of hydrogen-bond acceptors (Lipinski definition) is 5. The molecule has 0 aliphatic carbocycles. The topological polar surface area (TPSA) is 75.4 Å². The normalized spacial score (nSPS) is 10.9. The third-order valence-electron chi connectivity index (χ3n) is 3.61. The standard InChI is InChI=1S/C18H15AsN2O3/c1-23-16-7-14-15(8-17(16)24-2)21-10-11(9-20)18(14)19-12-4-3-5-13(22)6-12/h3-8,10,19,22H,1-2H3. The summed E-state index contributed by atoms with van der Waals surface area (Å²) in [4.78, 5) is 4.37. The quantitative estimate of drug-likeness (QED) is 0.687. The van der Waals surface area contributed by atoms with E-state index in [4.69, 9.17) is 9.47 Å². The molecule has 1 aromatic heterocycles. The summed E-state index contributed by atoms with van der Waals surface area (Å²) >= 11 is -0.830. The minimum absolute atomic E-state index is 0.229. The molecule has 24 heavy (non-hydrogen) atoms. The van der Waals surface area contributed by atoms with Crippen LogP contribution in [0.25, 0.3) is 10.9 Å². The average Bonchev–Trinajstić information content (AvgIpc) is 2.60. The van der Waals surface area contributed by atoms with Gasteiger partial charge in [0.15, 0.2) is 0 Å². The van der Waals surface area contributed by atoms with Crippen LogP contribution in [0.1, 0.15) is 5.56 Å². The molecule has 1 unspecified atom stereocenters. The molecular weight excluding hydrogens is 367 g/mol. The minimum atomic E-state index is -0.830. The number of nitrogens with zero attached hydrogens (tertiary/aromatic N) is 2. The molecule has 0 radical (unpaired) electrons. The predicted octanol–water partition coefficient (Wildman–Crippen LogP) is 1.22. The van der Waals surface area contributed by atoms with E-state index in [9.17, 15) is 10.4 Å². The molecule has 0 fully saturated rings. The van der Waals surface area contributed by atoms with Gasteiger partial charge in [0.1, 0.15) is 0 Å². The Bertz CT molecular complexity index is 951. The maximum absolute atomic E-state index is 9.69. The van der Waals surface area contributed by atoms with Gasteiger partial charge in [-0.1, -0.05) is 0 Å². The molecule has 2 aromatic carbocycles. The summed E-state index contributed by atoms with van der Waals surface area (Å²) in [5, 5.41) is 20.0. The Balaban J connectivity index is 2.22. The number of methoxy groups -OCH3 is 2. The Morgan fingerprint density at radius 2 is 1.88 bits per heavy atom. The number of phenolic OH excluding ortho intramolecular Hbond substituents is 1. The first-order valence-corrected chi connectivity index (χ1v) is 9.27. The van der Waals surface area contributed by atoms with E-state index in [1.54, 1.807) is 32.5 Å². The zero-order valence-corrected chi connectivity index (χ0v) is 15.3. The number of benzene rings is 2. The molecule has 1 N–H and O–H groups in total. The molecule has 5 nitrogen and oxygen atoms in total. The first-order valence-electron chi connectivity index (χ1n) is 7.17. The molecule has 0 spiro atoms. The molecule has 3 rings (SSSR count). The average molecular weight is 382 g/mol. The number of ether oxygens (including phenoxy) is 2. The van der Waals surface area contributed by atoms with Gasteiger partial charge in [0, 0.05) is 0 Å². The predicted molar refractivity (Wildman–Crippen MR) is 94.1 cm³/mol. The van der Waals surface area contributed by atoms with Crippen molar-refractivity contribution in [2.75, 3.05) is 14.2 Å². The second kappa shape index (κ2) is 6.82. The summed E-state index contributed by atoms with van der Waals surface area (Å²) in [6.07, 6.45) is 1.59. The van der Waals surface area contributed by atoms with Crippen molar-refractivity contribution in [1.29, 1.82) is 5.26 Å². The van der Waals surface area contributed by atoms with Gasteiger partial charge in [-0.15, -0.1) is 0 Å². The molecule has 120 valence electrons. The maximum atomic E-state index is 9.69. The van der Waals surface area contributed by atoms with E-state index in [-0.39, 0.29) is 5.75 Å². The Kier molecular flexibility index (Phi) is 4.59. The van der Waals surface area contributed by atoms with Crippen molar-refractivity contribution in [2.45, 2.75) is 0 Å². The van der Waals surface area contributed by atoms with E-state index >= 15 is 0 Å². The second-order valence-electron chi connectivity index (χ2n) is 5.06. The summed E-state index contributed by atoms with van der Waals surface area (Å²) in [7, 11) is 3.16. The van der Waals surface area contributed by atoms with Gasteiger partial charge in [0.2, 0.25) is 0 Å². The first-order chi connectivity index (χ1) is 11.7. The number of nitriles is 1. The Morgan fingerprint density at radius 1 is 1.12 bits per heavy atom. The van der Waals surface area contributed by atoms with E-state index < -0.39 is 15.8 Å². The van der Waals surface area contributed by atoms with E-state index in [0.29, 0.717) is 17.1 Å². The SMILES string of the molecule is COc1cc2ncc(C#N)c([AsH]c3cccc(O)c3)c2cc1OC. The third kappa shape index (κ3) is 3.01. The van der Waals surface area contributed by atoms with Crippen molar-refractivity contribution in [2.24, 2.45) is 0 Å². The van der Waals surface area contributed by atoms with Gasteiger partial charge in [-0.2, -0.15) is 0 Å². The van der Waals surface area contributed by atoms with E-state index in [2.05, 4.69) is 11.1 Å². The number of phenols is 1. The monoisotopic (exact) mass is 382 g/mol. The Labute approximate surface area is 146 Å². The molecular formula is C18H15AsN2O3. The van der Waals surface area contributed by atoms with Gasteiger partial charge in [-0.3, -0.25) is 0 Å². The number of hydrogen-bond donors (Lipinski definition) is 1. The van der Waals surface area contributed by atoms with Gasteiger partial charge in [0.05, 0.1) is 0 Å². The van der Waals surface area contributed by atoms with Gasteiger partial charge < -0.3 is 0 Å². The van der Waals surface area contributed by atoms with Gasteiger partial charge in [-0.05, 0) is 0 Å².